The van der Waals surface area contributed by atoms with E-state index in [-0.39, 0.29) is 5.54 Å². The fraction of sp³-hybridized carbons (Fsp3) is 0.700. The molecule has 2 rings (SSSR count). The highest BCUT2D eigenvalue weighted by Gasteiger charge is 2.42. The smallest absolute Gasteiger partial charge is 0.115 e. The van der Waals surface area contributed by atoms with Gasteiger partial charge in [-0.1, -0.05) is 0 Å². The molecule has 1 N–H and O–H groups in total. The van der Waals surface area contributed by atoms with Crippen molar-refractivity contribution < 1.29 is 0 Å². The molecule has 4 heteroatoms. The second-order valence-corrected chi connectivity index (χ2v) is 6.01. The Labute approximate surface area is 93.5 Å². The van der Waals surface area contributed by atoms with Crippen LogP contribution in [0.2, 0.25) is 0 Å². The first kappa shape index (κ1) is 10.5. The lowest BCUT2D eigenvalue weighted by atomic mass is 10.0. The van der Waals surface area contributed by atoms with Crippen LogP contribution in [0.1, 0.15) is 24.5 Å². The van der Waals surface area contributed by atoms with E-state index in [4.69, 9.17) is 0 Å². The number of nitrogens with one attached hydrogen (secondary N) is 1. The van der Waals surface area contributed by atoms with Gasteiger partial charge in [0.05, 0.1) is 5.54 Å². The van der Waals surface area contributed by atoms with Crippen molar-refractivity contribution in [2.75, 3.05) is 11.5 Å². The topological polar surface area (TPSA) is 24.9 Å². The molecule has 14 heavy (non-hydrogen) atoms. The fourth-order valence-corrected chi connectivity index (χ4v) is 3.90. The molecule has 78 valence electrons. The van der Waals surface area contributed by atoms with Crippen LogP contribution in [0, 0.1) is 6.92 Å². The SMILES string of the molecule is Cc1csc(C2(NC(C)C)CSC2)n1. The van der Waals surface area contributed by atoms with Crippen LogP contribution in [0.4, 0.5) is 0 Å². The highest BCUT2D eigenvalue weighted by Crippen LogP contribution is 2.40. The Kier molecular flexibility index (Phi) is 2.86. The molecule has 1 aromatic heterocycles. The molecule has 1 fully saturated rings. The molecule has 0 saturated carbocycles. The van der Waals surface area contributed by atoms with E-state index in [0.29, 0.717) is 6.04 Å². The molecule has 0 aromatic carbocycles. The lowest BCUT2D eigenvalue weighted by Gasteiger charge is -2.41. The molecule has 0 amide bonds. The van der Waals surface area contributed by atoms with Crippen LogP contribution < -0.4 is 5.32 Å². The zero-order valence-corrected chi connectivity index (χ0v) is 10.5. The zero-order valence-electron chi connectivity index (χ0n) is 8.83. The number of thiazole rings is 1. The Hall–Kier alpha value is -0.0600. The second-order valence-electron chi connectivity index (χ2n) is 4.17. The Balaban J connectivity index is 2.20. The predicted octanol–water partition coefficient (Wildman–Crippen LogP) is 2.39. The van der Waals surface area contributed by atoms with E-state index in [1.54, 1.807) is 11.3 Å². The predicted molar refractivity (Wildman–Crippen MR) is 64.1 cm³/mol. The fourth-order valence-electron chi connectivity index (χ4n) is 1.70. The molecular formula is C10H16N2S2. The van der Waals surface area contributed by atoms with Gasteiger partial charge in [-0.15, -0.1) is 11.3 Å². The monoisotopic (exact) mass is 228 g/mol. The first-order valence-electron chi connectivity index (χ1n) is 4.90. The summed E-state index contributed by atoms with van der Waals surface area (Å²) in [5.74, 6) is 2.33. The second kappa shape index (κ2) is 3.83. The molecular weight excluding hydrogens is 212 g/mol. The standard InChI is InChI=1S/C10H16N2S2/c1-7(2)12-10(5-13-6-10)9-11-8(3)4-14-9/h4,7,12H,5-6H2,1-3H3. The van der Waals surface area contributed by atoms with E-state index in [1.807, 2.05) is 11.8 Å². The molecule has 0 aliphatic carbocycles. The van der Waals surface area contributed by atoms with Gasteiger partial charge < -0.3 is 5.32 Å². The van der Waals surface area contributed by atoms with Gasteiger partial charge in [0.1, 0.15) is 5.01 Å². The van der Waals surface area contributed by atoms with Gasteiger partial charge in [-0.25, -0.2) is 4.98 Å². The van der Waals surface area contributed by atoms with E-state index in [2.05, 4.69) is 36.5 Å². The van der Waals surface area contributed by atoms with Crippen molar-refractivity contribution in [2.24, 2.45) is 0 Å². The molecule has 1 aliphatic heterocycles. The normalized spacial score (nSPS) is 19.7. The molecule has 1 saturated heterocycles. The quantitative estimate of drug-likeness (QED) is 0.860. The molecule has 1 aliphatic rings. The minimum atomic E-state index is 0.178. The van der Waals surface area contributed by atoms with Gasteiger partial charge in [-0.2, -0.15) is 11.8 Å². The van der Waals surface area contributed by atoms with Crippen LogP contribution in [0.25, 0.3) is 0 Å². The van der Waals surface area contributed by atoms with Crippen molar-refractivity contribution in [1.82, 2.24) is 10.3 Å². The van der Waals surface area contributed by atoms with E-state index in [9.17, 15) is 0 Å². The molecule has 1 aromatic rings. The minimum absolute atomic E-state index is 0.178. The number of aryl methyl sites for hydroxylation is 1. The van der Waals surface area contributed by atoms with Crippen molar-refractivity contribution >= 4 is 23.1 Å². The average molecular weight is 228 g/mol. The van der Waals surface area contributed by atoms with Crippen LogP contribution in [-0.4, -0.2) is 22.5 Å². The maximum Gasteiger partial charge on any atom is 0.115 e. The van der Waals surface area contributed by atoms with Gasteiger partial charge in [0, 0.05) is 28.6 Å². The number of nitrogens with zero attached hydrogens (tertiary/aromatic N) is 1. The summed E-state index contributed by atoms with van der Waals surface area (Å²) >= 11 is 3.78. The molecule has 0 atom stereocenters. The minimum Gasteiger partial charge on any atom is -0.302 e. The first-order chi connectivity index (χ1) is 6.62. The van der Waals surface area contributed by atoms with Crippen LogP contribution in [-0.2, 0) is 5.54 Å². The molecule has 2 nitrogen and oxygen atoms in total. The van der Waals surface area contributed by atoms with Crippen LogP contribution in [0.3, 0.4) is 0 Å². The van der Waals surface area contributed by atoms with Crippen molar-refractivity contribution in [3.8, 4) is 0 Å². The van der Waals surface area contributed by atoms with Crippen molar-refractivity contribution in [3.63, 3.8) is 0 Å². The van der Waals surface area contributed by atoms with Gasteiger partial charge in [-0.3, -0.25) is 0 Å². The third-order valence-electron chi connectivity index (χ3n) is 2.29. The Morgan fingerprint density at radius 1 is 1.50 bits per heavy atom. The molecule has 0 spiro atoms. The van der Waals surface area contributed by atoms with Gasteiger partial charge >= 0.3 is 0 Å². The summed E-state index contributed by atoms with van der Waals surface area (Å²) in [6.45, 7) is 6.46. The zero-order chi connectivity index (χ0) is 10.2. The molecule has 0 unspecified atom stereocenters. The lowest BCUT2D eigenvalue weighted by Crippen LogP contribution is -2.55. The number of hydrogen-bond acceptors (Lipinski definition) is 4. The Morgan fingerprint density at radius 2 is 2.21 bits per heavy atom. The summed E-state index contributed by atoms with van der Waals surface area (Å²) in [6.07, 6.45) is 0. The molecule has 0 radical (unpaired) electrons. The maximum absolute atomic E-state index is 4.60. The van der Waals surface area contributed by atoms with Gasteiger partial charge in [0.25, 0.3) is 0 Å². The summed E-state index contributed by atoms with van der Waals surface area (Å²) < 4.78 is 0. The van der Waals surface area contributed by atoms with Crippen molar-refractivity contribution in [2.45, 2.75) is 32.4 Å². The van der Waals surface area contributed by atoms with E-state index < -0.39 is 0 Å². The number of hydrogen-bond donors (Lipinski definition) is 1. The van der Waals surface area contributed by atoms with Crippen LogP contribution in [0.5, 0.6) is 0 Å². The number of thioether (sulfide) groups is 1. The maximum atomic E-state index is 4.60. The van der Waals surface area contributed by atoms with Crippen LogP contribution >= 0.6 is 23.1 Å². The van der Waals surface area contributed by atoms with Gasteiger partial charge in [0.2, 0.25) is 0 Å². The number of aromatic nitrogens is 1. The third-order valence-corrected chi connectivity index (χ3v) is 4.85. The molecule has 0 bridgehead atoms. The summed E-state index contributed by atoms with van der Waals surface area (Å²) in [5, 5.41) is 7.06. The van der Waals surface area contributed by atoms with Gasteiger partial charge in [0.15, 0.2) is 0 Å². The summed E-state index contributed by atoms with van der Waals surface area (Å²) in [7, 11) is 0. The lowest BCUT2D eigenvalue weighted by molar-refractivity contribution is 0.360. The molecule has 2 heterocycles. The van der Waals surface area contributed by atoms with Gasteiger partial charge in [-0.05, 0) is 20.8 Å². The summed E-state index contributed by atoms with van der Waals surface area (Å²) in [6, 6.07) is 0.528. The highest BCUT2D eigenvalue weighted by molar-refractivity contribution is 8.00. The highest BCUT2D eigenvalue weighted by atomic mass is 32.2. The number of rotatable bonds is 3. The Morgan fingerprint density at radius 3 is 2.57 bits per heavy atom. The van der Waals surface area contributed by atoms with E-state index >= 15 is 0 Å². The largest absolute Gasteiger partial charge is 0.302 e. The first-order valence-corrected chi connectivity index (χ1v) is 6.94. The van der Waals surface area contributed by atoms with Crippen molar-refractivity contribution in [1.29, 1.82) is 0 Å². The summed E-state index contributed by atoms with van der Waals surface area (Å²) in [4.78, 5) is 4.60. The summed E-state index contributed by atoms with van der Waals surface area (Å²) in [5.41, 5.74) is 1.32. The van der Waals surface area contributed by atoms with Crippen molar-refractivity contribution in [3.05, 3.63) is 16.1 Å². The van der Waals surface area contributed by atoms with E-state index in [1.165, 1.54) is 5.01 Å². The van der Waals surface area contributed by atoms with E-state index in [0.717, 1.165) is 17.2 Å². The van der Waals surface area contributed by atoms with Crippen LogP contribution in [0.15, 0.2) is 5.38 Å². The Bertz CT molecular complexity index is 316. The third kappa shape index (κ3) is 1.83. The average Bonchev–Trinajstić information content (AvgIpc) is 2.44.